The average Bonchev–Trinajstić information content (AvgIpc) is 2.36. The van der Waals surface area contributed by atoms with Crippen molar-refractivity contribution in [3.05, 3.63) is 35.4 Å². The number of rotatable bonds is 5. The quantitative estimate of drug-likeness (QED) is 0.787. The molecule has 16 heavy (non-hydrogen) atoms. The zero-order valence-electron chi connectivity index (χ0n) is 11.0. The van der Waals surface area contributed by atoms with Crippen LogP contribution in [-0.2, 0) is 0 Å². The fourth-order valence-electron chi connectivity index (χ4n) is 1.86. The molecule has 0 aliphatic heterocycles. The summed E-state index contributed by atoms with van der Waals surface area (Å²) in [6.07, 6.45) is 2.32. The van der Waals surface area contributed by atoms with E-state index in [2.05, 4.69) is 52.0 Å². The van der Waals surface area contributed by atoms with Crippen LogP contribution in [0.2, 0.25) is 0 Å². The van der Waals surface area contributed by atoms with Crippen molar-refractivity contribution in [2.75, 3.05) is 0 Å². The molecule has 0 spiro atoms. The molecule has 3 unspecified atom stereocenters. The first-order chi connectivity index (χ1) is 7.60. The summed E-state index contributed by atoms with van der Waals surface area (Å²) in [5.74, 6) is 1.20. The molecule has 1 nitrogen and oxygen atoms in total. The van der Waals surface area contributed by atoms with E-state index in [-0.39, 0.29) is 6.04 Å². The predicted octanol–water partition coefficient (Wildman–Crippen LogP) is 4.25. The zero-order chi connectivity index (χ0) is 12.1. The molecule has 1 rings (SSSR count). The molecule has 0 saturated heterocycles. The van der Waals surface area contributed by atoms with Crippen molar-refractivity contribution in [3.63, 3.8) is 0 Å². The van der Waals surface area contributed by atoms with Gasteiger partial charge in [-0.25, -0.2) is 0 Å². The van der Waals surface area contributed by atoms with Crippen LogP contribution in [0.25, 0.3) is 0 Å². The van der Waals surface area contributed by atoms with Crippen molar-refractivity contribution in [1.29, 1.82) is 0 Å². The van der Waals surface area contributed by atoms with E-state index in [0.29, 0.717) is 11.8 Å². The Morgan fingerprint density at radius 1 is 0.938 bits per heavy atom. The van der Waals surface area contributed by atoms with Crippen molar-refractivity contribution < 1.29 is 0 Å². The van der Waals surface area contributed by atoms with E-state index >= 15 is 0 Å². The third-order valence-corrected chi connectivity index (χ3v) is 3.76. The van der Waals surface area contributed by atoms with Crippen LogP contribution in [0.4, 0.5) is 0 Å². The van der Waals surface area contributed by atoms with Gasteiger partial charge < -0.3 is 5.73 Å². The Morgan fingerprint density at radius 3 is 1.88 bits per heavy atom. The highest BCUT2D eigenvalue weighted by Crippen LogP contribution is 2.24. The summed E-state index contributed by atoms with van der Waals surface area (Å²) in [6.45, 7) is 8.90. The summed E-state index contributed by atoms with van der Waals surface area (Å²) in [5.41, 5.74) is 8.89. The fourth-order valence-corrected chi connectivity index (χ4v) is 1.86. The highest BCUT2D eigenvalue weighted by atomic mass is 14.6. The van der Waals surface area contributed by atoms with E-state index in [1.807, 2.05) is 0 Å². The normalized spacial score (nSPS) is 16.8. The minimum atomic E-state index is 0.177. The van der Waals surface area contributed by atoms with Crippen molar-refractivity contribution in [2.24, 2.45) is 11.7 Å². The molecule has 0 amide bonds. The minimum absolute atomic E-state index is 0.177. The zero-order valence-corrected chi connectivity index (χ0v) is 11.0. The highest BCUT2D eigenvalue weighted by molar-refractivity contribution is 5.27. The maximum atomic E-state index is 6.21. The Balaban J connectivity index is 2.78. The lowest BCUT2D eigenvalue weighted by molar-refractivity contribution is 0.456. The second kappa shape index (κ2) is 6.05. The van der Waals surface area contributed by atoms with E-state index in [4.69, 9.17) is 5.73 Å². The van der Waals surface area contributed by atoms with Gasteiger partial charge in [0.25, 0.3) is 0 Å². The van der Waals surface area contributed by atoms with Crippen molar-refractivity contribution in [2.45, 2.75) is 52.5 Å². The summed E-state index contributed by atoms with van der Waals surface area (Å²) >= 11 is 0. The molecule has 0 radical (unpaired) electrons. The molecule has 0 heterocycles. The first-order valence-electron chi connectivity index (χ1n) is 6.45. The van der Waals surface area contributed by atoms with Gasteiger partial charge in [0.15, 0.2) is 0 Å². The van der Waals surface area contributed by atoms with Crippen LogP contribution in [0.5, 0.6) is 0 Å². The fraction of sp³-hybridized carbons (Fsp3) is 0.600. The number of hydrogen-bond acceptors (Lipinski definition) is 1. The van der Waals surface area contributed by atoms with E-state index in [9.17, 15) is 0 Å². The largest absolute Gasteiger partial charge is 0.324 e. The monoisotopic (exact) mass is 219 g/mol. The summed E-state index contributed by atoms with van der Waals surface area (Å²) in [4.78, 5) is 0. The average molecular weight is 219 g/mol. The van der Waals surface area contributed by atoms with Gasteiger partial charge in [-0.3, -0.25) is 0 Å². The molecule has 3 atom stereocenters. The smallest absolute Gasteiger partial charge is 0.0320 e. The van der Waals surface area contributed by atoms with Crippen LogP contribution in [0, 0.1) is 5.92 Å². The molecule has 0 bridgehead atoms. The Labute approximate surface area is 100 Å². The number of hydrogen-bond donors (Lipinski definition) is 1. The van der Waals surface area contributed by atoms with Gasteiger partial charge in [-0.2, -0.15) is 0 Å². The lowest BCUT2D eigenvalue weighted by Crippen LogP contribution is -2.18. The number of nitrogens with two attached hydrogens (primary N) is 1. The van der Waals surface area contributed by atoms with Crippen molar-refractivity contribution in [1.82, 2.24) is 0 Å². The van der Waals surface area contributed by atoms with E-state index in [0.717, 1.165) is 6.42 Å². The molecule has 0 fully saturated rings. The highest BCUT2D eigenvalue weighted by Gasteiger charge is 2.13. The molecule has 2 N–H and O–H groups in total. The van der Waals surface area contributed by atoms with Gasteiger partial charge >= 0.3 is 0 Å². The van der Waals surface area contributed by atoms with Crippen molar-refractivity contribution >= 4 is 0 Å². The van der Waals surface area contributed by atoms with Gasteiger partial charge in [0, 0.05) is 6.04 Å². The molecule has 1 aromatic carbocycles. The van der Waals surface area contributed by atoms with Crippen LogP contribution >= 0.6 is 0 Å². The molecule has 0 saturated carbocycles. The minimum Gasteiger partial charge on any atom is -0.324 e. The van der Waals surface area contributed by atoms with Gasteiger partial charge in [-0.15, -0.1) is 0 Å². The third-order valence-electron chi connectivity index (χ3n) is 3.76. The molecule has 1 heteroatoms. The lowest BCUT2D eigenvalue weighted by Gasteiger charge is -2.19. The van der Waals surface area contributed by atoms with Gasteiger partial charge in [0.2, 0.25) is 0 Å². The van der Waals surface area contributed by atoms with Crippen molar-refractivity contribution in [3.8, 4) is 0 Å². The topological polar surface area (TPSA) is 26.0 Å². The SMILES string of the molecule is CCC(C)c1ccc(C(N)C(C)CC)cc1. The molecule has 0 aromatic heterocycles. The summed E-state index contributed by atoms with van der Waals surface area (Å²) in [6, 6.07) is 9.02. The van der Waals surface area contributed by atoms with Gasteiger partial charge in [0.1, 0.15) is 0 Å². The summed E-state index contributed by atoms with van der Waals surface area (Å²) in [5, 5.41) is 0. The maximum Gasteiger partial charge on any atom is 0.0320 e. The Bertz CT molecular complexity index is 302. The van der Waals surface area contributed by atoms with Gasteiger partial charge in [-0.1, -0.05) is 58.4 Å². The second-order valence-electron chi connectivity index (χ2n) is 4.89. The Hall–Kier alpha value is -0.820. The third kappa shape index (κ3) is 3.08. The molecule has 1 aromatic rings. The van der Waals surface area contributed by atoms with Crippen LogP contribution in [0.15, 0.2) is 24.3 Å². The van der Waals surface area contributed by atoms with Crippen LogP contribution in [-0.4, -0.2) is 0 Å². The Morgan fingerprint density at radius 2 is 1.44 bits per heavy atom. The number of benzene rings is 1. The van der Waals surface area contributed by atoms with E-state index in [1.165, 1.54) is 17.5 Å². The van der Waals surface area contributed by atoms with Gasteiger partial charge in [0.05, 0.1) is 0 Å². The molecular formula is C15H25N. The van der Waals surface area contributed by atoms with Crippen LogP contribution in [0.3, 0.4) is 0 Å². The molecule has 0 aliphatic carbocycles. The summed E-state index contributed by atoms with van der Waals surface area (Å²) < 4.78 is 0. The van der Waals surface area contributed by atoms with E-state index in [1.54, 1.807) is 0 Å². The lowest BCUT2D eigenvalue weighted by atomic mass is 9.91. The Kier molecular flexibility index (Phi) is 5.01. The summed E-state index contributed by atoms with van der Waals surface area (Å²) in [7, 11) is 0. The van der Waals surface area contributed by atoms with Crippen LogP contribution < -0.4 is 5.73 Å². The first kappa shape index (κ1) is 13.2. The van der Waals surface area contributed by atoms with Gasteiger partial charge in [-0.05, 0) is 29.4 Å². The molecule has 90 valence electrons. The first-order valence-corrected chi connectivity index (χ1v) is 6.45. The standard InChI is InChI=1S/C15H25N/c1-5-11(3)13-7-9-14(10-8-13)15(16)12(4)6-2/h7-12,15H,5-6,16H2,1-4H3. The second-order valence-corrected chi connectivity index (χ2v) is 4.89. The molecular weight excluding hydrogens is 194 g/mol. The maximum absolute atomic E-state index is 6.21. The van der Waals surface area contributed by atoms with Crippen LogP contribution in [0.1, 0.15) is 63.6 Å². The predicted molar refractivity (Wildman–Crippen MR) is 71.5 cm³/mol. The van der Waals surface area contributed by atoms with E-state index < -0.39 is 0 Å². The molecule has 0 aliphatic rings.